The number of alkyl halides is 2. The Morgan fingerprint density at radius 2 is 1.93 bits per heavy atom. The number of halogens is 2. The van der Waals surface area contributed by atoms with E-state index in [0.29, 0.717) is 48.5 Å². The smallest absolute Gasteiger partial charge is 0.291 e. The Hall–Kier alpha value is -1.71. The quantitative estimate of drug-likeness (QED) is 0.572. The van der Waals surface area contributed by atoms with Crippen molar-refractivity contribution in [1.82, 2.24) is 19.8 Å². The third-order valence-corrected chi connectivity index (χ3v) is 6.43. The normalized spacial score (nSPS) is 16.5. The molecule has 2 aromatic rings. The molecular weight excluding hydrogens is 410 g/mol. The van der Waals surface area contributed by atoms with Crippen LogP contribution in [0.3, 0.4) is 0 Å². The van der Waals surface area contributed by atoms with Crippen LogP contribution in [0.1, 0.15) is 26.7 Å². The summed E-state index contributed by atoms with van der Waals surface area (Å²) >= 11 is 0.368. The minimum absolute atomic E-state index is 0.0334. The lowest BCUT2D eigenvalue weighted by Crippen LogP contribution is -2.52. The zero-order chi connectivity index (χ0) is 21.5. The third-order valence-electron chi connectivity index (χ3n) is 5.73. The molecule has 1 aliphatic rings. The first-order valence-corrected chi connectivity index (χ1v) is 11.4. The highest BCUT2D eigenvalue weighted by Gasteiger charge is 2.27. The summed E-state index contributed by atoms with van der Waals surface area (Å²) in [6.45, 7) is 7.99. The molecule has 1 aliphatic heterocycles. The van der Waals surface area contributed by atoms with Crippen LogP contribution in [-0.2, 0) is 16.1 Å². The third kappa shape index (κ3) is 5.70. The maximum Gasteiger partial charge on any atom is 0.291 e. The Bertz CT molecular complexity index is 822. The topological polar surface area (TPSA) is 59.4 Å². The van der Waals surface area contributed by atoms with Gasteiger partial charge >= 0.3 is 0 Å². The van der Waals surface area contributed by atoms with E-state index in [1.54, 1.807) is 22.8 Å². The number of para-hydroxylation sites is 2. The average Bonchev–Trinajstić information content (AvgIpc) is 3.08. The number of thioether (sulfide) groups is 1. The molecule has 1 amide bonds. The number of nitrogens with one attached hydrogen (secondary N) is 1. The van der Waals surface area contributed by atoms with Crippen molar-refractivity contribution >= 4 is 28.7 Å². The van der Waals surface area contributed by atoms with E-state index < -0.39 is 5.76 Å². The van der Waals surface area contributed by atoms with Gasteiger partial charge in [-0.1, -0.05) is 38.8 Å². The zero-order valence-corrected chi connectivity index (χ0v) is 18.3. The number of benzene rings is 1. The fourth-order valence-corrected chi connectivity index (χ4v) is 4.73. The molecule has 1 aromatic carbocycles. The summed E-state index contributed by atoms with van der Waals surface area (Å²) in [6.07, 6.45) is 2.07. The first kappa shape index (κ1) is 23.0. The second kappa shape index (κ2) is 11.1. The van der Waals surface area contributed by atoms with Crippen molar-refractivity contribution < 1.29 is 18.3 Å². The average molecular weight is 441 g/mol. The molecule has 1 saturated heterocycles. The molecular formula is C21H30F2N4O2S. The second-order valence-electron chi connectivity index (χ2n) is 7.44. The van der Waals surface area contributed by atoms with Gasteiger partial charge in [-0.25, -0.2) is 4.98 Å². The summed E-state index contributed by atoms with van der Waals surface area (Å²) in [5.41, 5.74) is 1.29. The number of aromatic nitrogens is 2. The zero-order valence-electron chi connectivity index (χ0n) is 17.5. The van der Waals surface area contributed by atoms with Gasteiger partial charge in [0.1, 0.15) is 6.54 Å². The van der Waals surface area contributed by atoms with Crippen molar-refractivity contribution in [2.24, 2.45) is 5.92 Å². The Balaban J connectivity index is 1.71. The molecule has 1 unspecified atom stereocenters. The van der Waals surface area contributed by atoms with Crippen LogP contribution in [0.4, 0.5) is 8.78 Å². The molecule has 0 saturated carbocycles. The number of carbonyl (C=O) groups is 1. The van der Waals surface area contributed by atoms with Gasteiger partial charge in [-0.2, -0.15) is 8.78 Å². The first-order chi connectivity index (χ1) is 14.5. The molecule has 1 aromatic heterocycles. The number of hydrogen-bond acceptors (Lipinski definition) is 5. The van der Waals surface area contributed by atoms with Crippen molar-refractivity contribution in [3.8, 4) is 0 Å². The van der Waals surface area contributed by atoms with Gasteiger partial charge in [0.2, 0.25) is 5.91 Å². The number of fused-ring (bicyclic) bond motifs is 1. The van der Waals surface area contributed by atoms with Crippen molar-refractivity contribution in [2.45, 2.75) is 50.2 Å². The molecule has 2 heterocycles. The maximum absolute atomic E-state index is 13.0. The lowest BCUT2D eigenvalue weighted by atomic mass is 9.92. The molecule has 9 heteroatoms. The first-order valence-electron chi connectivity index (χ1n) is 10.5. The number of carbonyl (C=O) groups excluding carboxylic acids is 1. The molecule has 1 fully saturated rings. The molecule has 3 rings (SSSR count). The van der Waals surface area contributed by atoms with Crippen molar-refractivity contribution in [3.05, 3.63) is 24.3 Å². The summed E-state index contributed by atoms with van der Waals surface area (Å²) in [6, 6.07) is 7.42. The van der Waals surface area contributed by atoms with Crippen LogP contribution in [0, 0.1) is 5.92 Å². The van der Waals surface area contributed by atoms with Gasteiger partial charge in [0.05, 0.1) is 24.2 Å². The van der Waals surface area contributed by atoms with Crippen LogP contribution in [0.25, 0.3) is 11.0 Å². The van der Waals surface area contributed by atoms with Crippen LogP contribution < -0.4 is 5.32 Å². The maximum atomic E-state index is 13.0. The van der Waals surface area contributed by atoms with Crippen LogP contribution >= 0.6 is 11.8 Å². The Morgan fingerprint density at radius 3 is 2.60 bits per heavy atom. The molecule has 1 N–H and O–H groups in total. The van der Waals surface area contributed by atoms with Gasteiger partial charge in [-0.3, -0.25) is 9.69 Å². The highest BCUT2D eigenvalue weighted by atomic mass is 32.2. The molecule has 30 heavy (non-hydrogen) atoms. The van der Waals surface area contributed by atoms with Crippen LogP contribution in [0.2, 0.25) is 0 Å². The molecule has 0 spiro atoms. The number of nitrogens with zero attached hydrogens (tertiary/aromatic N) is 3. The van der Waals surface area contributed by atoms with Gasteiger partial charge in [-0.15, -0.1) is 0 Å². The minimum Gasteiger partial charge on any atom is -0.379 e. The SMILES string of the molecule is CCC(CC)C(CNC(=O)Cn1c(SC(F)F)nc2ccccc21)N1CCOCC1. The van der Waals surface area contributed by atoms with Crippen molar-refractivity contribution in [1.29, 1.82) is 0 Å². The predicted molar refractivity (Wildman–Crippen MR) is 115 cm³/mol. The second-order valence-corrected chi connectivity index (χ2v) is 8.40. The van der Waals surface area contributed by atoms with Gasteiger partial charge in [0, 0.05) is 25.7 Å². The number of imidazole rings is 1. The molecule has 0 bridgehead atoms. The number of rotatable bonds is 10. The van der Waals surface area contributed by atoms with Gasteiger partial charge in [0.15, 0.2) is 5.16 Å². The summed E-state index contributed by atoms with van der Waals surface area (Å²) in [4.78, 5) is 19.4. The Morgan fingerprint density at radius 1 is 1.23 bits per heavy atom. The van der Waals surface area contributed by atoms with E-state index in [1.807, 2.05) is 6.07 Å². The van der Waals surface area contributed by atoms with E-state index in [4.69, 9.17) is 4.74 Å². The predicted octanol–water partition coefficient (Wildman–Crippen LogP) is 3.60. The van der Waals surface area contributed by atoms with Crippen molar-refractivity contribution in [2.75, 3.05) is 32.8 Å². The van der Waals surface area contributed by atoms with E-state index in [2.05, 4.69) is 29.0 Å². The summed E-state index contributed by atoms with van der Waals surface area (Å²) in [7, 11) is 0. The Kier molecular flexibility index (Phi) is 8.47. The van der Waals surface area contributed by atoms with E-state index in [0.717, 1.165) is 25.9 Å². The highest BCUT2D eigenvalue weighted by molar-refractivity contribution is 7.99. The number of amides is 1. The number of hydrogen-bond donors (Lipinski definition) is 1. The largest absolute Gasteiger partial charge is 0.379 e. The molecule has 0 radical (unpaired) electrons. The minimum atomic E-state index is -2.59. The lowest BCUT2D eigenvalue weighted by molar-refractivity contribution is -0.122. The standard InChI is InChI=1S/C21H30F2N4O2S/c1-3-15(4-2)18(26-9-11-29-12-10-26)13-24-19(28)14-27-17-8-6-5-7-16(17)25-21(27)30-20(22)23/h5-8,15,18,20H,3-4,9-14H2,1-2H3,(H,24,28). The summed E-state index contributed by atoms with van der Waals surface area (Å²) in [5, 5.41) is 3.20. The van der Waals surface area contributed by atoms with Gasteiger partial charge in [-0.05, 0) is 29.8 Å². The molecule has 0 aliphatic carbocycles. The number of morpholine rings is 1. The van der Waals surface area contributed by atoms with Crippen LogP contribution in [0.15, 0.2) is 29.4 Å². The molecule has 1 atom stereocenters. The van der Waals surface area contributed by atoms with E-state index >= 15 is 0 Å². The van der Waals surface area contributed by atoms with Gasteiger partial charge < -0.3 is 14.6 Å². The van der Waals surface area contributed by atoms with E-state index in [1.165, 1.54) is 0 Å². The molecule has 166 valence electrons. The van der Waals surface area contributed by atoms with Crippen LogP contribution in [0.5, 0.6) is 0 Å². The van der Waals surface area contributed by atoms with Crippen LogP contribution in [-0.4, -0.2) is 65.0 Å². The molecule has 6 nitrogen and oxygen atoms in total. The van der Waals surface area contributed by atoms with E-state index in [9.17, 15) is 13.6 Å². The number of ether oxygens (including phenoxy) is 1. The fraction of sp³-hybridized carbons (Fsp3) is 0.619. The summed E-state index contributed by atoms with van der Waals surface area (Å²) in [5.74, 6) is -2.31. The lowest BCUT2D eigenvalue weighted by Gasteiger charge is -2.38. The highest BCUT2D eigenvalue weighted by Crippen LogP contribution is 2.28. The Labute approximate surface area is 180 Å². The van der Waals surface area contributed by atoms with Gasteiger partial charge in [0.25, 0.3) is 5.76 Å². The monoisotopic (exact) mass is 440 g/mol. The fourth-order valence-electron chi connectivity index (χ4n) is 4.13. The van der Waals surface area contributed by atoms with Crippen molar-refractivity contribution in [3.63, 3.8) is 0 Å². The summed E-state index contributed by atoms with van der Waals surface area (Å²) < 4.78 is 33.0. The van der Waals surface area contributed by atoms with E-state index in [-0.39, 0.29) is 23.7 Å².